The summed E-state index contributed by atoms with van der Waals surface area (Å²) in [6.45, 7) is 5.30. The molecule has 0 unspecified atom stereocenters. The molecular weight excluding hydrogens is 424 g/mol. The largest absolute Gasteiger partial charge is 0.494 e. The van der Waals surface area contributed by atoms with Gasteiger partial charge in [0.05, 0.1) is 6.61 Å². The second kappa shape index (κ2) is 14.8. The number of ether oxygens (including phenoxy) is 1. The Morgan fingerprint density at radius 1 is 0.667 bits per heavy atom. The van der Waals surface area contributed by atoms with Crippen LogP contribution in [0.4, 0.5) is 0 Å². The van der Waals surface area contributed by atoms with Gasteiger partial charge in [-0.3, -0.25) is 0 Å². The summed E-state index contributed by atoms with van der Waals surface area (Å²) in [5.41, 5.74) is 2.12. The number of hydrogen-bond donors (Lipinski definition) is 0. The molecule has 0 radical (unpaired) electrons. The van der Waals surface area contributed by atoms with Crippen LogP contribution in [0.5, 0.6) is 5.75 Å². The molecule has 0 amide bonds. The van der Waals surface area contributed by atoms with Crippen molar-refractivity contribution in [3.63, 3.8) is 0 Å². The van der Waals surface area contributed by atoms with Gasteiger partial charge < -0.3 is 4.74 Å². The first-order chi connectivity index (χ1) is 16.3. The van der Waals surface area contributed by atoms with Crippen LogP contribution in [0.3, 0.4) is 0 Å². The Morgan fingerprint density at radius 3 is 2.00 bits per heavy atom. The molecular formula is C29H40N2OS. The molecule has 2 heterocycles. The van der Waals surface area contributed by atoms with Gasteiger partial charge >= 0.3 is 0 Å². The Labute approximate surface area is 204 Å². The second-order valence-electron chi connectivity index (χ2n) is 8.87. The fourth-order valence-electron chi connectivity index (χ4n) is 3.95. The van der Waals surface area contributed by atoms with Gasteiger partial charge in [-0.25, -0.2) is 9.97 Å². The van der Waals surface area contributed by atoms with Crippen molar-refractivity contribution in [2.75, 3.05) is 6.61 Å². The topological polar surface area (TPSA) is 35.0 Å². The molecule has 3 rings (SSSR count). The number of aryl methyl sites for hydroxylation is 1. The summed E-state index contributed by atoms with van der Waals surface area (Å²) in [4.78, 5) is 12.0. The van der Waals surface area contributed by atoms with E-state index in [0.717, 1.165) is 35.7 Å². The van der Waals surface area contributed by atoms with E-state index in [1.807, 2.05) is 48.0 Å². The van der Waals surface area contributed by atoms with E-state index in [0.29, 0.717) is 0 Å². The molecule has 0 atom stereocenters. The number of benzene rings is 1. The van der Waals surface area contributed by atoms with Crippen LogP contribution in [0, 0.1) is 0 Å². The average molecular weight is 465 g/mol. The molecule has 1 aromatic carbocycles. The van der Waals surface area contributed by atoms with Crippen molar-refractivity contribution in [1.82, 2.24) is 9.97 Å². The summed E-state index contributed by atoms with van der Waals surface area (Å²) in [5, 5.41) is 0. The predicted octanol–water partition coefficient (Wildman–Crippen LogP) is 9.12. The van der Waals surface area contributed by atoms with Crippen LogP contribution in [-0.4, -0.2) is 16.6 Å². The summed E-state index contributed by atoms with van der Waals surface area (Å²) in [7, 11) is 0. The van der Waals surface area contributed by atoms with E-state index in [4.69, 9.17) is 4.74 Å². The highest BCUT2D eigenvalue weighted by Crippen LogP contribution is 2.29. The van der Waals surface area contributed by atoms with E-state index in [1.165, 1.54) is 80.4 Å². The minimum Gasteiger partial charge on any atom is -0.494 e. The first-order valence-corrected chi connectivity index (χ1v) is 13.8. The minimum atomic E-state index is 0.758. The van der Waals surface area contributed by atoms with Crippen molar-refractivity contribution in [3.05, 3.63) is 53.7 Å². The van der Waals surface area contributed by atoms with E-state index in [-0.39, 0.29) is 0 Å². The normalized spacial score (nSPS) is 11.1. The molecule has 3 nitrogen and oxygen atoms in total. The molecule has 0 bridgehead atoms. The van der Waals surface area contributed by atoms with Gasteiger partial charge in [0.1, 0.15) is 5.75 Å². The SMILES string of the molecule is CCCCCCCCc1ccc(-c2cnc(-c3ccc(OCCCCCCC)cc3)nc2)s1. The molecule has 178 valence electrons. The lowest BCUT2D eigenvalue weighted by atomic mass is 10.1. The average Bonchev–Trinajstić information content (AvgIpc) is 3.33. The van der Waals surface area contributed by atoms with E-state index in [9.17, 15) is 0 Å². The highest BCUT2D eigenvalue weighted by Gasteiger charge is 2.07. The Balaban J connectivity index is 1.45. The highest BCUT2D eigenvalue weighted by atomic mass is 32.1. The van der Waals surface area contributed by atoms with Gasteiger partial charge in [-0.1, -0.05) is 71.6 Å². The van der Waals surface area contributed by atoms with Gasteiger partial charge in [-0.05, 0) is 55.7 Å². The molecule has 0 saturated carbocycles. The summed E-state index contributed by atoms with van der Waals surface area (Å²) in [5.74, 6) is 1.68. The molecule has 4 heteroatoms. The number of hydrogen-bond acceptors (Lipinski definition) is 4. The van der Waals surface area contributed by atoms with Crippen LogP contribution in [0.15, 0.2) is 48.8 Å². The van der Waals surface area contributed by atoms with Crippen LogP contribution in [0.1, 0.15) is 89.4 Å². The van der Waals surface area contributed by atoms with Crippen molar-refractivity contribution in [1.29, 1.82) is 0 Å². The molecule has 0 aliphatic heterocycles. The van der Waals surface area contributed by atoms with E-state index in [2.05, 4.69) is 35.9 Å². The fraction of sp³-hybridized carbons (Fsp3) is 0.517. The van der Waals surface area contributed by atoms with E-state index >= 15 is 0 Å². The summed E-state index contributed by atoms with van der Waals surface area (Å²) in [6, 6.07) is 12.6. The van der Waals surface area contributed by atoms with Gasteiger partial charge in [0.25, 0.3) is 0 Å². The number of unbranched alkanes of at least 4 members (excludes halogenated alkanes) is 9. The Hall–Kier alpha value is -2.20. The number of thiophene rings is 1. The lowest BCUT2D eigenvalue weighted by molar-refractivity contribution is 0.304. The van der Waals surface area contributed by atoms with Crippen molar-refractivity contribution in [2.45, 2.75) is 90.9 Å². The van der Waals surface area contributed by atoms with E-state index in [1.54, 1.807) is 0 Å². The van der Waals surface area contributed by atoms with Crippen molar-refractivity contribution in [2.24, 2.45) is 0 Å². The van der Waals surface area contributed by atoms with Crippen molar-refractivity contribution in [3.8, 4) is 27.6 Å². The summed E-state index contributed by atoms with van der Waals surface area (Å²) in [6.07, 6.45) is 19.4. The number of aromatic nitrogens is 2. The van der Waals surface area contributed by atoms with Gasteiger partial charge in [-0.15, -0.1) is 11.3 Å². The van der Waals surface area contributed by atoms with Crippen LogP contribution in [-0.2, 0) is 6.42 Å². The lowest BCUT2D eigenvalue weighted by Gasteiger charge is -2.07. The maximum atomic E-state index is 5.87. The van der Waals surface area contributed by atoms with Gasteiger partial charge in [0, 0.05) is 33.3 Å². The maximum Gasteiger partial charge on any atom is 0.159 e. The number of nitrogens with zero attached hydrogens (tertiary/aromatic N) is 2. The maximum absolute atomic E-state index is 5.87. The molecule has 0 spiro atoms. The van der Waals surface area contributed by atoms with Crippen molar-refractivity contribution < 1.29 is 4.74 Å². The van der Waals surface area contributed by atoms with Crippen LogP contribution >= 0.6 is 11.3 Å². The predicted molar refractivity (Wildman–Crippen MR) is 142 cm³/mol. The van der Waals surface area contributed by atoms with Gasteiger partial charge in [0.2, 0.25) is 0 Å². The van der Waals surface area contributed by atoms with Gasteiger partial charge in [0.15, 0.2) is 5.82 Å². The van der Waals surface area contributed by atoms with Crippen LogP contribution in [0.25, 0.3) is 21.8 Å². The van der Waals surface area contributed by atoms with Crippen LogP contribution < -0.4 is 4.74 Å². The number of rotatable bonds is 16. The van der Waals surface area contributed by atoms with Crippen LogP contribution in [0.2, 0.25) is 0 Å². The third-order valence-corrected chi connectivity index (χ3v) is 7.20. The molecule has 33 heavy (non-hydrogen) atoms. The Morgan fingerprint density at radius 2 is 1.30 bits per heavy atom. The second-order valence-corrected chi connectivity index (χ2v) is 10.0. The molecule has 0 aliphatic rings. The Kier molecular flexibility index (Phi) is 11.4. The zero-order chi connectivity index (χ0) is 23.1. The van der Waals surface area contributed by atoms with Gasteiger partial charge in [-0.2, -0.15) is 0 Å². The molecule has 0 aliphatic carbocycles. The molecule has 0 fully saturated rings. The zero-order valence-corrected chi connectivity index (χ0v) is 21.3. The lowest BCUT2D eigenvalue weighted by Crippen LogP contribution is -1.97. The first kappa shape index (κ1) is 25.4. The standard InChI is InChI=1S/C29H40N2OS/c1-3-5-7-9-10-12-14-27-19-20-28(33-27)25-22-30-29(31-23-25)24-15-17-26(18-16-24)32-21-13-11-8-6-4-2/h15-20,22-23H,3-14,21H2,1-2H3. The molecule has 2 aromatic heterocycles. The Bertz CT molecular complexity index is 902. The minimum absolute atomic E-state index is 0.758. The summed E-state index contributed by atoms with van der Waals surface area (Å²) >= 11 is 1.87. The smallest absolute Gasteiger partial charge is 0.159 e. The molecule has 0 N–H and O–H groups in total. The molecule has 0 saturated heterocycles. The third kappa shape index (κ3) is 8.92. The third-order valence-electron chi connectivity index (χ3n) is 6.00. The van der Waals surface area contributed by atoms with E-state index < -0.39 is 0 Å². The zero-order valence-electron chi connectivity index (χ0n) is 20.5. The quantitative estimate of drug-likeness (QED) is 0.198. The molecule has 3 aromatic rings. The first-order valence-electron chi connectivity index (χ1n) is 12.9. The van der Waals surface area contributed by atoms with Crippen molar-refractivity contribution >= 4 is 11.3 Å². The summed E-state index contributed by atoms with van der Waals surface area (Å²) < 4.78 is 5.87. The fourth-order valence-corrected chi connectivity index (χ4v) is 4.97. The monoisotopic (exact) mass is 464 g/mol. The highest BCUT2D eigenvalue weighted by molar-refractivity contribution is 7.15.